The summed E-state index contributed by atoms with van der Waals surface area (Å²) in [6.45, 7) is 7.37. The number of benzene rings is 2. The standard InChI is InChI=1S/C26H31Cl2N3O3/c1-33-20-4-2-19(3-5-20)18-30-8-6-26(7-9-30)21-16-22(27)23(28)17-24(21)31(25(26)32)11-10-29-12-14-34-15-13-29/h2-5,16-17H,6-15,18H2,1H3. The number of hydrogen-bond acceptors (Lipinski definition) is 5. The molecule has 34 heavy (non-hydrogen) atoms. The number of rotatable bonds is 6. The number of carbonyl (C=O) groups excluding carboxylic acids is 1. The van der Waals surface area contributed by atoms with Gasteiger partial charge in [0, 0.05) is 38.4 Å². The zero-order valence-corrected chi connectivity index (χ0v) is 21.1. The number of anilines is 1. The number of ether oxygens (including phenoxy) is 2. The molecule has 2 aromatic carbocycles. The molecule has 0 aliphatic carbocycles. The van der Waals surface area contributed by atoms with Crippen LogP contribution in [0.2, 0.25) is 10.0 Å². The third-order valence-corrected chi connectivity index (χ3v) is 8.24. The number of nitrogens with zero attached hydrogens (tertiary/aromatic N) is 3. The van der Waals surface area contributed by atoms with E-state index >= 15 is 0 Å². The molecule has 0 radical (unpaired) electrons. The van der Waals surface area contributed by atoms with Gasteiger partial charge in [0.15, 0.2) is 0 Å². The second kappa shape index (κ2) is 10.0. The van der Waals surface area contributed by atoms with Gasteiger partial charge in [-0.3, -0.25) is 14.6 Å². The van der Waals surface area contributed by atoms with E-state index < -0.39 is 5.41 Å². The predicted molar refractivity (Wildman–Crippen MR) is 135 cm³/mol. The minimum absolute atomic E-state index is 0.193. The fraction of sp³-hybridized carbons (Fsp3) is 0.500. The van der Waals surface area contributed by atoms with E-state index in [1.807, 2.05) is 29.2 Å². The molecular formula is C26H31Cl2N3O3. The number of amides is 1. The highest BCUT2D eigenvalue weighted by molar-refractivity contribution is 6.42. The van der Waals surface area contributed by atoms with Crippen molar-refractivity contribution in [2.75, 3.05) is 64.5 Å². The predicted octanol–water partition coefficient (Wildman–Crippen LogP) is 4.21. The fourth-order valence-electron chi connectivity index (χ4n) is 5.48. The lowest BCUT2D eigenvalue weighted by molar-refractivity contribution is -0.125. The molecule has 2 fully saturated rings. The molecule has 0 saturated carbocycles. The number of fused-ring (bicyclic) bond motifs is 2. The lowest BCUT2D eigenvalue weighted by atomic mass is 9.73. The number of methoxy groups -OCH3 is 1. The maximum atomic E-state index is 13.9. The van der Waals surface area contributed by atoms with E-state index in [4.69, 9.17) is 32.7 Å². The van der Waals surface area contributed by atoms with Crippen LogP contribution >= 0.6 is 23.2 Å². The first-order valence-corrected chi connectivity index (χ1v) is 12.7. The Bertz CT molecular complexity index is 1030. The van der Waals surface area contributed by atoms with Gasteiger partial charge < -0.3 is 14.4 Å². The third kappa shape index (κ3) is 4.54. The molecule has 3 heterocycles. The normalized spacial score (nSPS) is 20.7. The topological polar surface area (TPSA) is 45.2 Å². The van der Waals surface area contributed by atoms with Crippen molar-refractivity contribution in [1.82, 2.24) is 9.80 Å². The minimum atomic E-state index is -0.523. The maximum absolute atomic E-state index is 13.9. The largest absolute Gasteiger partial charge is 0.497 e. The quantitative estimate of drug-likeness (QED) is 0.590. The Labute approximate surface area is 211 Å². The summed E-state index contributed by atoms with van der Waals surface area (Å²) in [5.41, 5.74) is 2.69. The van der Waals surface area contributed by atoms with E-state index in [2.05, 4.69) is 21.9 Å². The highest BCUT2D eigenvalue weighted by atomic mass is 35.5. The second-order valence-electron chi connectivity index (χ2n) is 9.40. The SMILES string of the molecule is COc1ccc(CN2CCC3(CC2)C(=O)N(CCN2CCOCC2)c2cc(Cl)c(Cl)cc23)cc1. The highest BCUT2D eigenvalue weighted by Gasteiger charge is 2.52. The van der Waals surface area contributed by atoms with Crippen LogP contribution in [-0.2, 0) is 21.5 Å². The molecule has 0 atom stereocenters. The molecule has 5 rings (SSSR count). The number of halogens is 2. The first-order chi connectivity index (χ1) is 16.5. The molecule has 182 valence electrons. The van der Waals surface area contributed by atoms with Crippen LogP contribution in [0.3, 0.4) is 0 Å². The van der Waals surface area contributed by atoms with Crippen LogP contribution in [0.1, 0.15) is 24.0 Å². The Balaban J connectivity index is 1.33. The van der Waals surface area contributed by atoms with Crippen molar-refractivity contribution < 1.29 is 14.3 Å². The van der Waals surface area contributed by atoms with Crippen molar-refractivity contribution in [3.63, 3.8) is 0 Å². The molecule has 0 unspecified atom stereocenters. The maximum Gasteiger partial charge on any atom is 0.237 e. The van der Waals surface area contributed by atoms with Gasteiger partial charge in [-0.2, -0.15) is 0 Å². The number of hydrogen-bond donors (Lipinski definition) is 0. The van der Waals surface area contributed by atoms with E-state index in [1.165, 1.54) is 5.56 Å². The van der Waals surface area contributed by atoms with Gasteiger partial charge in [-0.05, 0) is 61.3 Å². The number of carbonyl (C=O) groups is 1. The van der Waals surface area contributed by atoms with Gasteiger partial charge in [0.25, 0.3) is 0 Å². The highest BCUT2D eigenvalue weighted by Crippen LogP contribution is 2.50. The van der Waals surface area contributed by atoms with Crippen LogP contribution in [0, 0.1) is 0 Å². The lowest BCUT2D eigenvalue weighted by Crippen LogP contribution is -2.50. The van der Waals surface area contributed by atoms with Gasteiger partial charge in [-0.1, -0.05) is 35.3 Å². The molecule has 3 aliphatic rings. The molecule has 1 spiro atoms. The number of likely N-dealkylation sites (tertiary alicyclic amines) is 1. The Morgan fingerprint density at radius 3 is 2.29 bits per heavy atom. The molecule has 1 amide bonds. The van der Waals surface area contributed by atoms with E-state index in [-0.39, 0.29) is 5.91 Å². The summed E-state index contributed by atoms with van der Waals surface area (Å²) >= 11 is 12.8. The summed E-state index contributed by atoms with van der Waals surface area (Å²) in [5.74, 6) is 1.06. The average molecular weight is 504 g/mol. The van der Waals surface area contributed by atoms with Crippen LogP contribution in [-0.4, -0.2) is 75.3 Å². The van der Waals surface area contributed by atoms with Crippen molar-refractivity contribution in [2.45, 2.75) is 24.8 Å². The van der Waals surface area contributed by atoms with Crippen molar-refractivity contribution in [3.8, 4) is 5.75 Å². The molecular weight excluding hydrogens is 473 g/mol. The van der Waals surface area contributed by atoms with Crippen LogP contribution in [0.25, 0.3) is 0 Å². The third-order valence-electron chi connectivity index (χ3n) is 7.52. The van der Waals surface area contributed by atoms with Crippen molar-refractivity contribution in [3.05, 3.63) is 57.6 Å². The fourth-order valence-corrected chi connectivity index (χ4v) is 5.80. The summed E-state index contributed by atoms with van der Waals surface area (Å²) in [5, 5.41) is 1.02. The first-order valence-electron chi connectivity index (χ1n) is 12.0. The molecule has 0 N–H and O–H groups in total. The van der Waals surface area contributed by atoms with Crippen molar-refractivity contribution in [1.29, 1.82) is 0 Å². The smallest absolute Gasteiger partial charge is 0.237 e. The van der Waals surface area contributed by atoms with Gasteiger partial charge in [-0.25, -0.2) is 0 Å². The molecule has 0 bridgehead atoms. The molecule has 2 saturated heterocycles. The van der Waals surface area contributed by atoms with Gasteiger partial charge in [-0.15, -0.1) is 0 Å². The summed E-state index contributed by atoms with van der Waals surface area (Å²) in [4.78, 5) is 20.7. The lowest BCUT2D eigenvalue weighted by Gasteiger charge is -2.38. The van der Waals surface area contributed by atoms with Crippen LogP contribution < -0.4 is 9.64 Å². The van der Waals surface area contributed by atoms with Crippen LogP contribution in [0.15, 0.2) is 36.4 Å². The summed E-state index contributed by atoms with van der Waals surface area (Å²) in [7, 11) is 1.68. The minimum Gasteiger partial charge on any atom is -0.497 e. The molecule has 2 aromatic rings. The Hall–Kier alpha value is -1.83. The van der Waals surface area contributed by atoms with E-state index in [0.717, 1.165) is 82.3 Å². The monoisotopic (exact) mass is 503 g/mol. The molecule has 0 aromatic heterocycles. The molecule has 3 aliphatic heterocycles. The van der Waals surface area contributed by atoms with E-state index in [0.29, 0.717) is 16.6 Å². The van der Waals surface area contributed by atoms with Gasteiger partial charge in [0.05, 0.1) is 35.8 Å². The number of piperidine rings is 1. The average Bonchev–Trinajstić information content (AvgIpc) is 3.07. The van der Waals surface area contributed by atoms with Crippen molar-refractivity contribution in [2.24, 2.45) is 0 Å². The zero-order chi connectivity index (χ0) is 23.7. The van der Waals surface area contributed by atoms with Crippen LogP contribution in [0.4, 0.5) is 5.69 Å². The van der Waals surface area contributed by atoms with Crippen molar-refractivity contribution >= 4 is 34.8 Å². The van der Waals surface area contributed by atoms with Gasteiger partial charge >= 0.3 is 0 Å². The summed E-state index contributed by atoms with van der Waals surface area (Å²) in [6, 6.07) is 12.0. The molecule has 6 nitrogen and oxygen atoms in total. The summed E-state index contributed by atoms with van der Waals surface area (Å²) < 4.78 is 10.7. The summed E-state index contributed by atoms with van der Waals surface area (Å²) in [6.07, 6.45) is 1.56. The Morgan fingerprint density at radius 2 is 1.62 bits per heavy atom. The Kier molecular flexibility index (Phi) is 7.05. The van der Waals surface area contributed by atoms with E-state index in [9.17, 15) is 4.79 Å². The van der Waals surface area contributed by atoms with Crippen LogP contribution in [0.5, 0.6) is 5.75 Å². The Morgan fingerprint density at radius 1 is 0.941 bits per heavy atom. The number of morpholine rings is 1. The van der Waals surface area contributed by atoms with Gasteiger partial charge in [0.2, 0.25) is 5.91 Å². The second-order valence-corrected chi connectivity index (χ2v) is 10.2. The molecule has 8 heteroatoms. The zero-order valence-electron chi connectivity index (χ0n) is 19.6. The van der Waals surface area contributed by atoms with E-state index in [1.54, 1.807) is 7.11 Å². The van der Waals surface area contributed by atoms with Gasteiger partial charge in [0.1, 0.15) is 5.75 Å². The first kappa shape index (κ1) is 23.9.